The number of allylic oxidation sites excluding steroid dienone is 4. The standard InChI is InChI=1S/C45H40BN3/c1-9-15-27(10-2)29-20-21-37-32(22-29)33-23-30(28-16-12-11-13-17-28)24-35-41(33)48(37)38-25-31(44(3,4)5)26-39-40(38)46(35)34-18-14-19-36-42(34)49(39)43(47-36)45(6,7)8/h9-26H,1-2H2,3-8H3/b27-15+. The fourth-order valence-corrected chi connectivity index (χ4v) is 8.36. The zero-order chi connectivity index (χ0) is 34.0. The van der Waals surface area contributed by atoms with E-state index in [0.717, 1.165) is 22.5 Å². The molecule has 238 valence electrons. The summed E-state index contributed by atoms with van der Waals surface area (Å²) in [7, 11) is 0. The molecule has 2 aliphatic rings. The SMILES string of the molecule is C=C/C=C(\C=C)c1ccc2c(c1)c1cc(-c3ccccc3)cc3c1n2-c1cc(C(C)(C)C)cc2c1B3c1cccc3nc(C(C)(C)C)n-2c13. The summed E-state index contributed by atoms with van der Waals surface area (Å²) in [5.41, 5.74) is 17.1. The molecule has 9 rings (SSSR count). The largest absolute Gasteiger partial charge is 0.310 e. The molecule has 0 unspecified atom stereocenters. The Balaban J connectivity index is 1.51. The van der Waals surface area contributed by atoms with E-state index in [1.165, 1.54) is 71.8 Å². The molecule has 49 heavy (non-hydrogen) atoms. The normalized spacial score (nSPS) is 13.8. The Hall–Kier alpha value is -5.35. The number of rotatable bonds is 4. The highest BCUT2D eigenvalue weighted by Crippen LogP contribution is 2.41. The summed E-state index contributed by atoms with van der Waals surface area (Å²) in [4.78, 5) is 5.35. The van der Waals surface area contributed by atoms with Gasteiger partial charge in [-0.25, -0.2) is 4.98 Å². The van der Waals surface area contributed by atoms with E-state index in [1.807, 2.05) is 18.2 Å². The first-order valence-electron chi connectivity index (χ1n) is 17.3. The van der Waals surface area contributed by atoms with E-state index in [4.69, 9.17) is 4.98 Å². The Labute approximate surface area is 289 Å². The van der Waals surface area contributed by atoms with Crippen LogP contribution in [-0.4, -0.2) is 20.8 Å². The number of aromatic nitrogens is 3. The van der Waals surface area contributed by atoms with E-state index in [-0.39, 0.29) is 17.5 Å². The van der Waals surface area contributed by atoms with Gasteiger partial charge >= 0.3 is 0 Å². The molecule has 4 heterocycles. The minimum absolute atomic E-state index is 0.0549. The smallest absolute Gasteiger partial charge is 0.252 e. The second-order valence-electron chi connectivity index (χ2n) is 15.8. The van der Waals surface area contributed by atoms with Crippen LogP contribution in [0.25, 0.3) is 60.9 Å². The van der Waals surface area contributed by atoms with Crippen molar-refractivity contribution in [3.8, 4) is 22.5 Å². The third kappa shape index (κ3) is 4.13. The van der Waals surface area contributed by atoms with E-state index in [0.29, 0.717) is 0 Å². The lowest BCUT2D eigenvalue weighted by atomic mass is 9.34. The van der Waals surface area contributed by atoms with Gasteiger partial charge in [0.05, 0.1) is 16.6 Å². The van der Waals surface area contributed by atoms with Crippen LogP contribution in [0, 0.1) is 0 Å². The minimum atomic E-state index is -0.146. The van der Waals surface area contributed by atoms with Crippen LogP contribution in [0.1, 0.15) is 58.5 Å². The average Bonchev–Trinajstić information content (AvgIpc) is 3.64. The van der Waals surface area contributed by atoms with Crippen LogP contribution in [0.5, 0.6) is 0 Å². The predicted octanol–water partition coefficient (Wildman–Crippen LogP) is 9.28. The van der Waals surface area contributed by atoms with E-state index < -0.39 is 0 Å². The Bertz CT molecular complexity index is 2600. The van der Waals surface area contributed by atoms with Gasteiger partial charge in [-0.1, -0.05) is 128 Å². The second kappa shape index (κ2) is 10.1. The first kappa shape index (κ1) is 29.8. The van der Waals surface area contributed by atoms with Crippen molar-refractivity contribution in [2.45, 2.75) is 52.4 Å². The Morgan fingerprint density at radius 2 is 1.45 bits per heavy atom. The van der Waals surface area contributed by atoms with Gasteiger partial charge in [-0.05, 0) is 86.0 Å². The molecule has 2 aliphatic heterocycles. The summed E-state index contributed by atoms with van der Waals surface area (Å²) < 4.78 is 5.06. The third-order valence-corrected chi connectivity index (χ3v) is 10.6. The van der Waals surface area contributed by atoms with Crippen LogP contribution in [0.3, 0.4) is 0 Å². The molecule has 0 fully saturated rings. The lowest BCUT2D eigenvalue weighted by Crippen LogP contribution is -2.59. The van der Waals surface area contributed by atoms with Gasteiger partial charge in [0.25, 0.3) is 6.71 Å². The molecule has 3 nitrogen and oxygen atoms in total. The van der Waals surface area contributed by atoms with Crippen molar-refractivity contribution in [1.82, 2.24) is 14.1 Å². The molecule has 0 aliphatic carbocycles. The van der Waals surface area contributed by atoms with E-state index >= 15 is 0 Å². The molecule has 2 aromatic heterocycles. The number of hydrogen-bond acceptors (Lipinski definition) is 1. The lowest BCUT2D eigenvalue weighted by molar-refractivity contribution is 0.539. The second-order valence-corrected chi connectivity index (χ2v) is 15.8. The summed E-state index contributed by atoms with van der Waals surface area (Å²) in [6.07, 6.45) is 5.80. The van der Waals surface area contributed by atoms with Crippen molar-refractivity contribution < 1.29 is 0 Å². The van der Waals surface area contributed by atoms with E-state index in [1.54, 1.807) is 0 Å². The van der Waals surface area contributed by atoms with Gasteiger partial charge < -0.3 is 4.57 Å². The van der Waals surface area contributed by atoms with Crippen molar-refractivity contribution in [1.29, 1.82) is 0 Å². The number of fused-ring (bicyclic) bond motifs is 7. The number of para-hydroxylation sites is 1. The minimum Gasteiger partial charge on any atom is -0.310 e. The van der Waals surface area contributed by atoms with E-state index in [2.05, 4.69) is 155 Å². The molecule has 0 saturated heterocycles. The van der Waals surface area contributed by atoms with E-state index in [9.17, 15) is 0 Å². The highest BCUT2D eigenvalue weighted by atomic mass is 15.1. The van der Waals surface area contributed by atoms with Crippen LogP contribution in [0.15, 0.2) is 122 Å². The number of benzene rings is 5. The molecule has 0 saturated carbocycles. The average molecular weight is 634 g/mol. The van der Waals surface area contributed by atoms with Gasteiger partial charge in [0.1, 0.15) is 5.82 Å². The van der Waals surface area contributed by atoms with Gasteiger partial charge in [0.2, 0.25) is 0 Å². The molecule has 0 N–H and O–H groups in total. The Morgan fingerprint density at radius 3 is 2.14 bits per heavy atom. The molecule has 0 amide bonds. The summed E-state index contributed by atoms with van der Waals surface area (Å²) in [5.74, 6) is 1.10. The maximum absolute atomic E-state index is 5.35. The van der Waals surface area contributed by atoms with Crippen LogP contribution in [0.2, 0.25) is 0 Å². The molecule has 0 spiro atoms. The first-order chi connectivity index (χ1) is 23.5. The molecule has 4 heteroatoms. The van der Waals surface area contributed by atoms with Crippen LogP contribution < -0.4 is 16.4 Å². The summed E-state index contributed by atoms with van der Waals surface area (Å²) in [5, 5.41) is 2.51. The van der Waals surface area contributed by atoms with Crippen molar-refractivity contribution >= 4 is 61.5 Å². The van der Waals surface area contributed by atoms with Gasteiger partial charge in [-0.2, -0.15) is 0 Å². The molecule has 0 bridgehead atoms. The molecule has 7 aromatic rings. The number of imidazole rings is 1. The fourth-order valence-electron chi connectivity index (χ4n) is 8.36. The molecule has 0 radical (unpaired) electrons. The number of nitrogens with zero attached hydrogens (tertiary/aromatic N) is 3. The maximum Gasteiger partial charge on any atom is 0.252 e. The zero-order valence-electron chi connectivity index (χ0n) is 29.2. The highest BCUT2D eigenvalue weighted by molar-refractivity contribution is 7.00. The zero-order valence-corrected chi connectivity index (χ0v) is 29.2. The summed E-state index contributed by atoms with van der Waals surface area (Å²) in [6.45, 7) is 22.0. The maximum atomic E-state index is 5.35. The van der Waals surface area contributed by atoms with Gasteiger partial charge in [-0.3, -0.25) is 4.57 Å². The lowest BCUT2D eigenvalue weighted by Gasteiger charge is -2.36. The number of hydrogen-bond donors (Lipinski definition) is 0. The Kier molecular flexibility index (Phi) is 6.13. The predicted molar refractivity (Wildman–Crippen MR) is 211 cm³/mol. The van der Waals surface area contributed by atoms with Crippen molar-refractivity contribution in [2.24, 2.45) is 0 Å². The quantitative estimate of drug-likeness (QED) is 0.140. The van der Waals surface area contributed by atoms with Gasteiger partial charge in [-0.15, -0.1) is 0 Å². The monoisotopic (exact) mass is 633 g/mol. The highest BCUT2D eigenvalue weighted by Gasteiger charge is 2.43. The van der Waals surface area contributed by atoms with Crippen LogP contribution in [0.4, 0.5) is 0 Å². The fraction of sp³-hybridized carbons (Fsp3) is 0.178. The van der Waals surface area contributed by atoms with Crippen molar-refractivity contribution in [3.05, 3.63) is 139 Å². The molecular formula is C45H40BN3. The summed E-state index contributed by atoms with van der Waals surface area (Å²) in [6, 6.07) is 34.3. The van der Waals surface area contributed by atoms with Gasteiger partial charge in [0.15, 0.2) is 0 Å². The summed E-state index contributed by atoms with van der Waals surface area (Å²) >= 11 is 0. The van der Waals surface area contributed by atoms with Crippen molar-refractivity contribution in [3.63, 3.8) is 0 Å². The van der Waals surface area contributed by atoms with Gasteiger partial charge in [0, 0.05) is 33.1 Å². The van der Waals surface area contributed by atoms with Crippen LogP contribution in [-0.2, 0) is 10.8 Å². The molecular weight excluding hydrogens is 593 g/mol. The van der Waals surface area contributed by atoms with Crippen LogP contribution >= 0.6 is 0 Å². The molecule has 5 aromatic carbocycles. The Morgan fingerprint density at radius 1 is 0.694 bits per heavy atom. The molecule has 0 atom stereocenters. The topological polar surface area (TPSA) is 22.8 Å². The first-order valence-corrected chi connectivity index (χ1v) is 17.3. The third-order valence-electron chi connectivity index (χ3n) is 10.6. The van der Waals surface area contributed by atoms with Crippen molar-refractivity contribution in [2.75, 3.05) is 0 Å².